The molecular weight excluding hydrogens is 316 g/mol. The Kier molecular flexibility index (Phi) is 3.59. The predicted molar refractivity (Wildman–Crippen MR) is 72.8 cm³/mol. The van der Waals surface area contributed by atoms with Crippen LogP contribution in [0.15, 0.2) is 11.1 Å². The second-order valence-corrected chi connectivity index (χ2v) is 8.01. The molecule has 2 aliphatic rings. The minimum Gasteiger partial charge on any atom is -0.300 e. The number of nitrogens with zero attached hydrogens (tertiary/aromatic N) is 3. The largest absolute Gasteiger partial charge is 0.300 e. The number of piperidine rings is 1. The number of carbonyl (C=O) groups is 1. The Morgan fingerprint density at radius 3 is 2.32 bits per heavy atom. The maximum absolute atomic E-state index is 12.7. The van der Waals surface area contributed by atoms with Crippen molar-refractivity contribution in [2.24, 2.45) is 12.5 Å². The predicted octanol–water partition coefficient (Wildman–Crippen LogP) is 1.49. The van der Waals surface area contributed by atoms with Crippen LogP contribution in [0.4, 0.5) is 8.78 Å². The van der Waals surface area contributed by atoms with Crippen molar-refractivity contribution in [2.75, 3.05) is 13.1 Å². The molecule has 1 aliphatic heterocycles. The first-order chi connectivity index (χ1) is 10.2. The summed E-state index contributed by atoms with van der Waals surface area (Å²) in [5, 5.41) is 3.33. The zero-order valence-corrected chi connectivity index (χ0v) is 12.9. The summed E-state index contributed by atoms with van der Waals surface area (Å²) in [6, 6.07) is 0.928. The van der Waals surface area contributed by atoms with Gasteiger partial charge in [0.25, 0.3) is 16.4 Å². The van der Waals surface area contributed by atoms with Gasteiger partial charge in [-0.15, -0.1) is 0 Å². The number of rotatable bonds is 3. The number of hydrogen-bond donors (Lipinski definition) is 0. The van der Waals surface area contributed by atoms with Crippen LogP contribution >= 0.6 is 0 Å². The zero-order chi connectivity index (χ0) is 16.1. The van der Waals surface area contributed by atoms with Crippen LogP contribution < -0.4 is 0 Å². The van der Waals surface area contributed by atoms with E-state index in [4.69, 9.17) is 0 Å². The van der Waals surface area contributed by atoms with E-state index in [0.717, 1.165) is 10.7 Å². The molecule has 2 fully saturated rings. The van der Waals surface area contributed by atoms with Crippen molar-refractivity contribution in [1.82, 2.24) is 14.1 Å². The highest BCUT2D eigenvalue weighted by atomic mass is 32.2. The SMILES string of the molecule is Cn1nc(C(F)F)cc1S(=O)(=O)N1CCC2(CC1)CC(=O)C2. The first-order valence-electron chi connectivity index (χ1n) is 7.07. The molecule has 1 aromatic rings. The van der Waals surface area contributed by atoms with Crippen molar-refractivity contribution >= 4 is 15.8 Å². The number of alkyl halides is 2. The molecule has 2 heterocycles. The van der Waals surface area contributed by atoms with Gasteiger partial charge in [-0.25, -0.2) is 17.2 Å². The minimum atomic E-state index is -3.84. The van der Waals surface area contributed by atoms with Gasteiger partial charge in [-0.3, -0.25) is 9.48 Å². The van der Waals surface area contributed by atoms with Gasteiger partial charge in [-0.05, 0) is 18.3 Å². The molecule has 0 radical (unpaired) electrons. The Bertz CT molecular complexity index is 696. The molecule has 0 N–H and O–H groups in total. The van der Waals surface area contributed by atoms with Gasteiger partial charge in [0.2, 0.25) is 0 Å². The fraction of sp³-hybridized carbons (Fsp3) is 0.692. The molecule has 0 unspecified atom stereocenters. The van der Waals surface area contributed by atoms with Crippen LogP contribution in [-0.4, -0.2) is 41.4 Å². The van der Waals surface area contributed by atoms with E-state index in [1.54, 1.807) is 0 Å². The second kappa shape index (κ2) is 5.09. The van der Waals surface area contributed by atoms with E-state index in [9.17, 15) is 22.0 Å². The van der Waals surface area contributed by atoms with Gasteiger partial charge in [0, 0.05) is 39.0 Å². The summed E-state index contributed by atoms with van der Waals surface area (Å²) < 4.78 is 52.8. The van der Waals surface area contributed by atoms with Gasteiger partial charge in [-0.1, -0.05) is 0 Å². The molecule has 1 aromatic heterocycles. The van der Waals surface area contributed by atoms with Crippen molar-refractivity contribution in [3.63, 3.8) is 0 Å². The lowest BCUT2D eigenvalue weighted by molar-refractivity contribution is -0.134. The Labute approximate surface area is 127 Å². The van der Waals surface area contributed by atoms with Gasteiger partial charge in [0.15, 0.2) is 5.03 Å². The Balaban J connectivity index is 1.78. The molecule has 6 nitrogen and oxygen atoms in total. The van der Waals surface area contributed by atoms with Crippen molar-refractivity contribution in [3.8, 4) is 0 Å². The first-order valence-corrected chi connectivity index (χ1v) is 8.51. The summed E-state index contributed by atoms with van der Waals surface area (Å²) in [4.78, 5) is 11.2. The minimum absolute atomic E-state index is 0.0380. The third-order valence-electron chi connectivity index (χ3n) is 4.61. The van der Waals surface area contributed by atoms with Crippen LogP contribution in [0, 0.1) is 5.41 Å². The molecule has 0 atom stereocenters. The van der Waals surface area contributed by atoms with Gasteiger partial charge < -0.3 is 0 Å². The lowest BCUT2D eigenvalue weighted by Crippen LogP contribution is -2.49. The van der Waals surface area contributed by atoms with Crippen molar-refractivity contribution in [3.05, 3.63) is 11.8 Å². The molecule has 122 valence electrons. The third kappa shape index (κ3) is 2.45. The van der Waals surface area contributed by atoms with E-state index in [1.165, 1.54) is 11.4 Å². The average molecular weight is 333 g/mol. The monoisotopic (exact) mass is 333 g/mol. The van der Waals surface area contributed by atoms with Gasteiger partial charge in [0.05, 0.1) is 0 Å². The molecule has 3 rings (SSSR count). The number of carbonyl (C=O) groups excluding carboxylic acids is 1. The molecular formula is C13H17F2N3O3S. The topological polar surface area (TPSA) is 72.3 Å². The van der Waals surface area contributed by atoms with Crippen LogP contribution in [-0.2, 0) is 21.9 Å². The summed E-state index contributed by atoms with van der Waals surface area (Å²) in [6.07, 6.45) is -0.472. The lowest BCUT2D eigenvalue weighted by atomic mass is 9.63. The highest BCUT2D eigenvalue weighted by Gasteiger charge is 2.47. The molecule has 9 heteroatoms. The van der Waals surface area contributed by atoms with E-state index in [0.29, 0.717) is 38.8 Å². The second-order valence-electron chi connectivity index (χ2n) is 6.13. The van der Waals surface area contributed by atoms with Crippen molar-refractivity contribution in [1.29, 1.82) is 0 Å². The van der Waals surface area contributed by atoms with Crippen LogP contribution in [0.3, 0.4) is 0 Å². The number of aromatic nitrogens is 2. The van der Waals surface area contributed by atoms with Crippen LogP contribution in [0.5, 0.6) is 0 Å². The van der Waals surface area contributed by atoms with E-state index < -0.39 is 22.1 Å². The van der Waals surface area contributed by atoms with E-state index in [1.807, 2.05) is 0 Å². The van der Waals surface area contributed by atoms with E-state index in [2.05, 4.69) is 5.10 Å². The van der Waals surface area contributed by atoms with Crippen LogP contribution in [0.25, 0.3) is 0 Å². The summed E-state index contributed by atoms with van der Waals surface area (Å²) in [6.45, 7) is 0.621. The Hall–Kier alpha value is -1.35. The number of ketones is 1. The highest BCUT2D eigenvalue weighted by Crippen LogP contribution is 2.47. The molecule has 0 amide bonds. The maximum atomic E-state index is 12.7. The molecule has 0 bridgehead atoms. The molecule has 0 aromatic carbocycles. The maximum Gasteiger partial charge on any atom is 0.282 e. The first kappa shape index (κ1) is 15.5. The van der Waals surface area contributed by atoms with Gasteiger partial charge >= 0.3 is 0 Å². The summed E-state index contributed by atoms with van der Waals surface area (Å²) in [5.74, 6) is 0.226. The molecule has 1 aliphatic carbocycles. The normalized spacial score (nSPS) is 22.3. The van der Waals surface area contributed by atoms with E-state index >= 15 is 0 Å². The third-order valence-corrected chi connectivity index (χ3v) is 6.57. The van der Waals surface area contributed by atoms with Crippen LogP contribution in [0.1, 0.15) is 37.8 Å². The molecule has 22 heavy (non-hydrogen) atoms. The molecule has 1 spiro atoms. The quantitative estimate of drug-likeness (QED) is 0.840. The molecule has 1 saturated carbocycles. The fourth-order valence-electron chi connectivity index (χ4n) is 3.29. The summed E-state index contributed by atoms with van der Waals surface area (Å²) in [7, 11) is -2.50. The Morgan fingerprint density at radius 2 is 1.86 bits per heavy atom. The smallest absolute Gasteiger partial charge is 0.282 e. The number of hydrogen-bond acceptors (Lipinski definition) is 4. The van der Waals surface area contributed by atoms with Gasteiger partial charge in [0.1, 0.15) is 11.5 Å². The number of Topliss-reactive ketones (excluding diaryl/α,β-unsaturated/α-hetero) is 1. The number of sulfonamides is 1. The summed E-state index contributed by atoms with van der Waals surface area (Å²) >= 11 is 0. The van der Waals surface area contributed by atoms with E-state index in [-0.39, 0.29) is 16.2 Å². The number of aryl methyl sites for hydroxylation is 1. The highest BCUT2D eigenvalue weighted by molar-refractivity contribution is 7.89. The fourth-order valence-corrected chi connectivity index (χ4v) is 4.86. The summed E-state index contributed by atoms with van der Waals surface area (Å²) in [5.41, 5.74) is -0.580. The number of halogens is 2. The average Bonchev–Trinajstić information content (AvgIpc) is 2.81. The lowest BCUT2D eigenvalue weighted by Gasteiger charge is -2.46. The standard InChI is InChI=1S/C13H17F2N3O3S/c1-17-11(6-10(16-17)12(14)15)22(20,21)18-4-2-13(3-5-18)7-9(19)8-13/h6,12H,2-5,7-8H2,1H3. The van der Waals surface area contributed by atoms with Crippen molar-refractivity contribution in [2.45, 2.75) is 37.1 Å². The Morgan fingerprint density at radius 1 is 1.27 bits per heavy atom. The zero-order valence-electron chi connectivity index (χ0n) is 12.1. The van der Waals surface area contributed by atoms with Gasteiger partial charge in [-0.2, -0.15) is 9.40 Å². The molecule has 1 saturated heterocycles. The van der Waals surface area contributed by atoms with Crippen molar-refractivity contribution < 1.29 is 22.0 Å². The van der Waals surface area contributed by atoms with Crippen LogP contribution in [0.2, 0.25) is 0 Å².